The first-order valence-corrected chi connectivity index (χ1v) is 4.31. The zero-order valence-electron chi connectivity index (χ0n) is 8.35. The van der Waals surface area contributed by atoms with E-state index in [0.717, 1.165) is 17.0 Å². The molecule has 0 spiro atoms. The van der Waals surface area contributed by atoms with Crippen LogP contribution in [0, 0.1) is 5.82 Å². The lowest BCUT2D eigenvalue weighted by atomic mass is 10.1. The molecule has 1 atom stereocenters. The van der Waals surface area contributed by atoms with Gasteiger partial charge in [0.1, 0.15) is 11.9 Å². The van der Waals surface area contributed by atoms with Gasteiger partial charge >= 0.3 is 6.18 Å². The highest BCUT2D eigenvalue weighted by Crippen LogP contribution is 2.36. The van der Waals surface area contributed by atoms with Gasteiger partial charge in [0.2, 0.25) is 0 Å². The second-order valence-electron chi connectivity index (χ2n) is 3.46. The van der Waals surface area contributed by atoms with Crippen molar-refractivity contribution in [3.63, 3.8) is 0 Å². The molecule has 0 aliphatic carbocycles. The molecule has 0 bridgehead atoms. The summed E-state index contributed by atoms with van der Waals surface area (Å²) >= 11 is 0. The maximum atomic E-state index is 12.8. The van der Waals surface area contributed by atoms with Gasteiger partial charge in [0.15, 0.2) is 0 Å². The largest absolute Gasteiger partial charge is 0.408 e. The quantitative estimate of drug-likeness (QED) is 0.694. The summed E-state index contributed by atoms with van der Waals surface area (Å²) in [6.45, 7) is 0. The highest BCUT2D eigenvalue weighted by Gasteiger charge is 2.42. The van der Waals surface area contributed by atoms with E-state index in [2.05, 4.69) is 0 Å². The maximum absolute atomic E-state index is 12.8. The second-order valence-corrected chi connectivity index (χ2v) is 3.46. The fourth-order valence-corrected chi connectivity index (χ4v) is 1.46. The van der Waals surface area contributed by atoms with Gasteiger partial charge in [-0.25, -0.2) is 4.39 Å². The molecular formula is C10H11F4N. The van der Waals surface area contributed by atoms with Crippen LogP contribution in [0.4, 0.5) is 17.6 Å². The first kappa shape index (κ1) is 12.0. The number of rotatable bonds is 2. The Morgan fingerprint density at radius 3 is 2.20 bits per heavy atom. The number of hydrogen-bond donors (Lipinski definition) is 0. The normalized spacial score (nSPS) is 14.3. The van der Waals surface area contributed by atoms with Crippen LogP contribution in [0.5, 0.6) is 0 Å². The molecule has 0 aliphatic heterocycles. The molecule has 0 fully saturated rings. The minimum Gasteiger partial charge on any atom is -0.295 e. The molecule has 1 aromatic rings. The van der Waals surface area contributed by atoms with Crippen LogP contribution < -0.4 is 0 Å². The predicted molar refractivity (Wildman–Crippen MR) is 48.9 cm³/mol. The SMILES string of the molecule is CN(C)C(c1cccc(F)c1)C(F)(F)F. The zero-order chi connectivity index (χ0) is 11.6. The first-order valence-electron chi connectivity index (χ1n) is 4.31. The molecule has 0 aliphatic rings. The molecule has 1 nitrogen and oxygen atoms in total. The lowest BCUT2D eigenvalue weighted by molar-refractivity contribution is -0.179. The molecule has 0 amide bonds. The van der Waals surface area contributed by atoms with Gasteiger partial charge in [-0.05, 0) is 31.8 Å². The van der Waals surface area contributed by atoms with Crippen molar-refractivity contribution in [3.05, 3.63) is 35.6 Å². The van der Waals surface area contributed by atoms with Crippen LogP contribution >= 0.6 is 0 Å². The molecule has 0 aromatic heterocycles. The van der Waals surface area contributed by atoms with Crippen molar-refractivity contribution < 1.29 is 17.6 Å². The molecule has 0 saturated heterocycles. The number of nitrogens with zero attached hydrogens (tertiary/aromatic N) is 1. The van der Waals surface area contributed by atoms with E-state index < -0.39 is 18.0 Å². The molecule has 84 valence electrons. The van der Waals surface area contributed by atoms with Crippen LogP contribution in [0.1, 0.15) is 11.6 Å². The Kier molecular flexibility index (Phi) is 3.34. The lowest BCUT2D eigenvalue weighted by Crippen LogP contribution is -2.33. The van der Waals surface area contributed by atoms with Gasteiger partial charge in [-0.15, -0.1) is 0 Å². The van der Waals surface area contributed by atoms with Crippen molar-refractivity contribution in [2.24, 2.45) is 0 Å². The summed E-state index contributed by atoms with van der Waals surface area (Å²) in [5.41, 5.74) is -0.0903. The molecule has 15 heavy (non-hydrogen) atoms. The Morgan fingerprint density at radius 1 is 1.20 bits per heavy atom. The monoisotopic (exact) mass is 221 g/mol. The van der Waals surface area contributed by atoms with Gasteiger partial charge in [-0.3, -0.25) is 4.90 Å². The Labute approximate surface area is 85.3 Å². The average Bonchev–Trinajstić information content (AvgIpc) is 1.99. The molecule has 0 radical (unpaired) electrons. The van der Waals surface area contributed by atoms with Crippen molar-refractivity contribution in [2.75, 3.05) is 14.1 Å². The summed E-state index contributed by atoms with van der Waals surface area (Å²) in [5, 5.41) is 0. The summed E-state index contributed by atoms with van der Waals surface area (Å²) in [4.78, 5) is 1.01. The fourth-order valence-electron chi connectivity index (χ4n) is 1.46. The number of alkyl halides is 3. The number of benzene rings is 1. The Hall–Kier alpha value is -1.10. The van der Waals surface area contributed by atoms with Crippen molar-refractivity contribution in [1.29, 1.82) is 0 Å². The minimum absolute atomic E-state index is 0.0903. The molecule has 0 N–H and O–H groups in total. The van der Waals surface area contributed by atoms with E-state index in [-0.39, 0.29) is 5.56 Å². The molecule has 0 saturated carbocycles. The highest BCUT2D eigenvalue weighted by molar-refractivity contribution is 5.21. The maximum Gasteiger partial charge on any atom is 0.408 e. The van der Waals surface area contributed by atoms with Crippen LogP contribution in [0.2, 0.25) is 0 Å². The molecule has 1 unspecified atom stereocenters. The minimum atomic E-state index is -4.41. The standard InChI is InChI=1S/C10H11F4N/c1-15(2)9(10(12,13)14)7-4-3-5-8(11)6-7/h3-6,9H,1-2H3. The third-order valence-electron chi connectivity index (χ3n) is 1.99. The van der Waals surface area contributed by atoms with E-state index in [1.165, 1.54) is 26.2 Å². The Morgan fingerprint density at radius 2 is 1.80 bits per heavy atom. The van der Waals surface area contributed by atoms with Gasteiger partial charge in [-0.2, -0.15) is 13.2 Å². The van der Waals surface area contributed by atoms with E-state index in [0.29, 0.717) is 0 Å². The van der Waals surface area contributed by atoms with E-state index >= 15 is 0 Å². The Balaban J connectivity index is 3.11. The van der Waals surface area contributed by atoms with Gasteiger partial charge in [0.25, 0.3) is 0 Å². The molecular weight excluding hydrogens is 210 g/mol. The summed E-state index contributed by atoms with van der Waals surface area (Å²) in [5.74, 6) is -0.663. The average molecular weight is 221 g/mol. The van der Waals surface area contributed by atoms with Gasteiger partial charge in [0.05, 0.1) is 0 Å². The van der Waals surface area contributed by atoms with Crippen LogP contribution in [0.25, 0.3) is 0 Å². The Bertz CT molecular complexity index is 332. The predicted octanol–water partition coefficient (Wildman–Crippen LogP) is 2.99. The number of hydrogen-bond acceptors (Lipinski definition) is 1. The van der Waals surface area contributed by atoms with Crippen molar-refractivity contribution in [2.45, 2.75) is 12.2 Å². The van der Waals surface area contributed by atoms with Crippen LogP contribution in [0.3, 0.4) is 0 Å². The van der Waals surface area contributed by atoms with Gasteiger partial charge in [-0.1, -0.05) is 12.1 Å². The third kappa shape index (κ3) is 2.92. The summed E-state index contributed by atoms with van der Waals surface area (Å²) in [6, 6.07) is 2.78. The van der Waals surface area contributed by atoms with E-state index in [9.17, 15) is 17.6 Å². The first-order chi connectivity index (χ1) is 6.82. The van der Waals surface area contributed by atoms with Crippen LogP contribution in [-0.4, -0.2) is 25.2 Å². The van der Waals surface area contributed by atoms with Crippen molar-refractivity contribution in [3.8, 4) is 0 Å². The lowest BCUT2D eigenvalue weighted by Gasteiger charge is -2.26. The summed E-state index contributed by atoms with van der Waals surface area (Å²) in [6.07, 6.45) is -4.41. The van der Waals surface area contributed by atoms with Crippen molar-refractivity contribution in [1.82, 2.24) is 4.90 Å². The molecule has 0 heterocycles. The third-order valence-corrected chi connectivity index (χ3v) is 1.99. The zero-order valence-corrected chi connectivity index (χ0v) is 8.35. The summed E-state index contributed by atoms with van der Waals surface area (Å²) in [7, 11) is 2.62. The second kappa shape index (κ2) is 4.18. The van der Waals surface area contributed by atoms with E-state index in [1.807, 2.05) is 0 Å². The van der Waals surface area contributed by atoms with E-state index in [4.69, 9.17) is 0 Å². The fraction of sp³-hybridized carbons (Fsp3) is 0.400. The van der Waals surface area contributed by atoms with Crippen LogP contribution in [-0.2, 0) is 0 Å². The smallest absolute Gasteiger partial charge is 0.295 e. The molecule has 1 rings (SSSR count). The van der Waals surface area contributed by atoms with Crippen molar-refractivity contribution >= 4 is 0 Å². The molecule has 5 heteroatoms. The highest BCUT2D eigenvalue weighted by atomic mass is 19.4. The van der Waals surface area contributed by atoms with E-state index in [1.54, 1.807) is 0 Å². The van der Waals surface area contributed by atoms with Gasteiger partial charge < -0.3 is 0 Å². The van der Waals surface area contributed by atoms with Crippen LogP contribution in [0.15, 0.2) is 24.3 Å². The topological polar surface area (TPSA) is 3.24 Å². The summed E-state index contributed by atoms with van der Waals surface area (Å²) < 4.78 is 50.7. The molecule has 1 aromatic carbocycles. The van der Waals surface area contributed by atoms with Gasteiger partial charge in [0, 0.05) is 0 Å². The number of halogens is 4.